The third kappa shape index (κ3) is 5.45. The largest absolute Gasteiger partial charge is 0.340 e. The minimum atomic E-state index is -2.88. The number of anilines is 3. The van der Waals surface area contributed by atoms with Crippen LogP contribution in [0.1, 0.15) is 5.56 Å². The normalized spacial score (nSPS) is 15.4. The monoisotopic (exact) mass is 502 g/mol. The van der Waals surface area contributed by atoms with Crippen LogP contribution in [-0.2, 0) is 21.2 Å². The summed E-state index contributed by atoms with van der Waals surface area (Å²) in [4.78, 5) is 25.9. The van der Waals surface area contributed by atoms with Crippen LogP contribution in [0.3, 0.4) is 0 Å². The van der Waals surface area contributed by atoms with Crippen molar-refractivity contribution in [3.63, 3.8) is 0 Å². The molecule has 1 aliphatic heterocycles. The van der Waals surface area contributed by atoms with E-state index in [1.165, 1.54) is 12.4 Å². The summed E-state index contributed by atoms with van der Waals surface area (Å²) >= 11 is 0. The van der Waals surface area contributed by atoms with E-state index >= 15 is 0 Å². The molecule has 1 aliphatic rings. The molecule has 0 aliphatic carbocycles. The molecule has 36 heavy (non-hydrogen) atoms. The van der Waals surface area contributed by atoms with Gasteiger partial charge < -0.3 is 15.6 Å². The van der Waals surface area contributed by atoms with E-state index in [2.05, 4.69) is 49.2 Å². The van der Waals surface area contributed by atoms with Gasteiger partial charge in [0.05, 0.1) is 16.9 Å². The molecule has 0 spiro atoms. The number of aromatic nitrogens is 3. The van der Waals surface area contributed by atoms with Gasteiger partial charge in [0.15, 0.2) is 9.84 Å². The van der Waals surface area contributed by atoms with Gasteiger partial charge in [-0.1, -0.05) is 36.9 Å². The second kappa shape index (κ2) is 9.92. The summed E-state index contributed by atoms with van der Waals surface area (Å²) in [5, 5.41) is 6.90. The Balaban J connectivity index is 1.32. The number of sulfone groups is 1. The van der Waals surface area contributed by atoms with Crippen LogP contribution in [0.15, 0.2) is 73.6 Å². The molecular weight excluding hydrogens is 476 g/mol. The number of H-pyrrole nitrogens is 1. The molecule has 184 valence electrons. The molecule has 2 aromatic heterocycles. The predicted octanol–water partition coefficient (Wildman–Crippen LogP) is 3.72. The summed E-state index contributed by atoms with van der Waals surface area (Å²) in [6.07, 6.45) is 2.72. The van der Waals surface area contributed by atoms with Crippen molar-refractivity contribution in [2.45, 2.75) is 6.54 Å². The van der Waals surface area contributed by atoms with E-state index in [0.717, 1.165) is 34.4 Å². The second-order valence-electron chi connectivity index (χ2n) is 8.69. The molecule has 4 aromatic rings. The number of aromatic amines is 1. The molecule has 0 bridgehead atoms. The highest BCUT2D eigenvalue weighted by molar-refractivity contribution is 7.91. The molecule has 0 saturated carbocycles. The van der Waals surface area contributed by atoms with Gasteiger partial charge in [0.25, 0.3) is 0 Å². The average Bonchev–Trinajstić information content (AvgIpc) is 3.31. The van der Waals surface area contributed by atoms with E-state index in [-0.39, 0.29) is 17.4 Å². The highest BCUT2D eigenvalue weighted by Gasteiger charge is 2.21. The molecule has 5 rings (SSSR count). The van der Waals surface area contributed by atoms with Crippen molar-refractivity contribution < 1.29 is 13.2 Å². The zero-order valence-electron chi connectivity index (χ0n) is 19.6. The summed E-state index contributed by atoms with van der Waals surface area (Å²) in [5.41, 5.74) is 5.19. The zero-order chi connectivity index (χ0) is 25.1. The molecule has 3 heterocycles. The van der Waals surface area contributed by atoms with E-state index in [0.29, 0.717) is 30.2 Å². The molecule has 0 unspecified atom stereocenters. The summed E-state index contributed by atoms with van der Waals surface area (Å²) in [7, 11) is -2.88. The molecule has 2 aromatic carbocycles. The first-order valence-corrected chi connectivity index (χ1v) is 13.4. The molecule has 1 saturated heterocycles. The smallest absolute Gasteiger partial charge is 0.247 e. The number of nitrogens with zero attached hydrogens (tertiary/aromatic N) is 3. The first-order chi connectivity index (χ1) is 17.4. The Kier molecular flexibility index (Phi) is 6.53. The molecule has 3 N–H and O–H groups in total. The molecule has 1 amide bonds. The lowest BCUT2D eigenvalue weighted by atomic mass is 10.1. The maximum absolute atomic E-state index is 11.7. The first-order valence-electron chi connectivity index (χ1n) is 11.5. The Morgan fingerprint density at radius 2 is 1.81 bits per heavy atom. The summed E-state index contributed by atoms with van der Waals surface area (Å²) < 4.78 is 23.3. The van der Waals surface area contributed by atoms with Crippen LogP contribution in [0.5, 0.6) is 0 Å². The summed E-state index contributed by atoms with van der Waals surface area (Å²) in [5.74, 6) is 0.824. The molecular formula is C26H26N6O3S. The van der Waals surface area contributed by atoms with Gasteiger partial charge in [0.2, 0.25) is 5.91 Å². The van der Waals surface area contributed by atoms with Crippen molar-refractivity contribution in [3.05, 3.63) is 79.1 Å². The van der Waals surface area contributed by atoms with Crippen LogP contribution in [0, 0.1) is 0 Å². The van der Waals surface area contributed by atoms with E-state index in [1.807, 2.05) is 36.4 Å². The van der Waals surface area contributed by atoms with Crippen LogP contribution in [-0.4, -0.2) is 58.8 Å². The predicted molar refractivity (Wildman–Crippen MR) is 142 cm³/mol. The lowest BCUT2D eigenvalue weighted by molar-refractivity contribution is -0.111. The standard InChI is InChI=1S/C26H26N6O3S/c1-2-24(33)29-20-4-3-5-21(14-20)30-25-22-15-23(31-26(22)28-17-27-25)19-8-6-18(7-9-19)16-32-10-12-36(34,35)13-11-32/h2-9,14-15,17H,1,10-13,16H2,(H,29,33)(H2,27,28,30,31). The Labute approximate surface area is 209 Å². The quantitative estimate of drug-likeness (QED) is 0.330. The van der Waals surface area contributed by atoms with E-state index in [4.69, 9.17) is 0 Å². The molecule has 1 fully saturated rings. The SMILES string of the molecule is C=CC(=O)Nc1cccc(Nc2ncnc3[nH]c(-c4ccc(CN5CCS(=O)(=O)CC5)cc4)cc23)c1. The van der Waals surface area contributed by atoms with Gasteiger partial charge in [-0.2, -0.15) is 0 Å². The fourth-order valence-corrected chi connectivity index (χ4v) is 5.43. The highest BCUT2D eigenvalue weighted by atomic mass is 32.2. The minimum absolute atomic E-state index is 0.227. The van der Waals surface area contributed by atoms with Crippen LogP contribution in [0.2, 0.25) is 0 Å². The molecule has 0 radical (unpaired) electrons. The fraction of sp³-hybridized carbons (Fsp3) is 0.192. The number of hydrogen-bond donors (Lipinski definition) is 3. The Morgan fingerprint density at radius 3 is 2.56 bits per heavy atom. The number of carbonyl (C=O) groups is 1. The minimum Gasteiger partial charge on any atom is -0.340 e. The number of carbonyl (C=O) groups excluding carboxylic acids is 1. The average molecular weight is 503 g/mol. The number of benzene rings is 2. The lowest BCUT2D eigenvalue weighted by Gasteiger charge is -2.26. The zero-order valence-corrected chi connectivity index (χ0v) is 20.4. The van der Waals surface area contributed by atoms with Crippen LogP contribution in [0.4, 0.5) is 17.2 Å². The molecule has 10 heteroatoms. The fourth-order valence-electron chi connectivity index (χ4n) is 4.16. The lowest BCUT2D eigenvalue weighted by Crippen LogP contribution is -2.39. The Bertz CT molecular complexity index is 1520. The van der Waals surface area contributed by atoms with Gasteiger partial charge in [-0.3, -0.25) is 9.69 Å². The topological polar surface area (TPSA) is 120 Å². The summed E-state index contributed by atoms with van der Waals surface area (Å²) in [6.45, 7) is 5.35. The van der Waals surface area contributed by atoms with Gasteiger partial charge in [-0.25, -0.2) is 18.4 Å². The maximum Gasteiger partial charge on any atom is 0.247 e. The van der Waals surface area contributed by atoms with E-state index < -0.39 is 9.84 Å². The van der Waals surface area contributed by atoms with E-state index in [9.17, 15) is 13.2 Å². The summed E-state index contributed by atoms with van der Waals surface area (Å²) in [6, 6.07) is 17.6. The Morgan fingerprint density at radius 1 is 1.06 bits per heavy atom. The van der Waals surface area contributed by atoms with Crippen molar-refractivity contribution in [2.24, 2.45) is 0 Å². The second-order valence-corrected chi connectivity index (χ2v) is 11.0. The van der Waals surface area contributed by atoms with Gasteiger partial charge >= 0.3 is 0 Å². The first kappa shape index (κ1) is 23.7. The van der Waals surface area contributed by atoms with Crippen LogP contribution >= 0.6 is 0 Å². The van der Waals surface area contributed by atoms with Gasteiger partial charge in [0, 0.05) is 36.7 Å². The number of fused-ring (bicyclic) bond motifs is 1. The maximum atomic E-state index is 11.7. The third-order valence-corrected chi connectivity index (χ3v) is 7.72. The van der Waals surface area contributed by atoms with Crippen molar-refractivity contribution in [2.75, 3.05) is 35.2 Å². The number of amides is 1. The van der Waals surface area contributed by atoms with Gasteiger partial charge in [0.1, 0.15) is 17.8 Å². The number of rotatable bonds is 7. The van der Waals surface area contributed by atoms with E-state index in [1.54, 1.807) is 6.07 Å². The van der Waals surface area contributed by atoms with Crippen molar-refractivity contribution in [3.8, 4) is 11.3 Å². The van der Waals surface area contributed by atoms with Gasteiger partial charge in [-0.15, -0.1) is 0 Å². The van der Waals surface area contributed by atoms with Crippen molar-refractivity contribution in [1.82, 2.24) is 19.9 Å². The molecule has 0 atom stereocenters. The Hall–Kier alpha value is -4.02. The highest BCUT2D eigenvalue weighted by Crippen LogP contribution is 2.29. The van der Waals surface area contributed by atoms with Crippen molar-refractivity contribution in [1.29, 1.82) is 0 Å². The molecule has 9 nitrogen and oxygen atoms in total. The third-order valence-electron chi connectivity index (χ3n) is 6.11. The van der Waals surface area contributed by atoms with Crippen molar-refractivity contribution >= 4 is 44.0 Å². The number of hydrogen-bond acceptors (Lipinski definition) is 7. The van der Waals surface area contributed by atoms with Gasteiger partial charge in [-0.05, 0) is 41.5 Å². The number of nitrogens with one attached hydrogen (secondary N) is 3. The van der Waals surface area contributed by atoms with Crippen LogP contribution in [0.25, 0.3) is 22.3 Å². The van der Waals surface area contributed by atoms with Crippen LogP contribution < -0.4 is 10.6 Å².